The molecular formula is C17H22N2O5. The first-order chi connectivity index (χ1) is 11.4. The molecule has 7 heteroatoms. The fourth-order valence-corrected chi connectivity index (χ4v) is 2.70. The van der Waals surface area contributed by atoms with Gasteiger partial charge in [-0.05, 0) is 38.5 Å². The molecule has 1 aliphatic rings. The quantitative estimate of drug-likeness (QED) is 0.850. The lowest BCUT2D eigenvalue weighted by Gasteiger charge is -2.34. The molecule has 1 aliphatic heterocycles. The van der Waals surface area contributed by atoms with Crippen molar-refractivity contribution in [2.24, 2.45) is 0 Å². The van der Waals surface area contributed by atoms with Crippen molar-refractivity contribution in [1.82, 2.24) is 4.90 Å². The second-order valence-corrected chi connectivity index (χ2v) is 5.67. The molecular weight excluding hydrogens is 312 g/mol. The summed E-state index contributed by atoms with van der Waals surface area (Å²) in [5.74, 6) is -1.40. The van der Waals surface area contributed by atoms with Crippen LogP contribution >= 0.6 is 0 Å². The molecule has 0 saturated heterocycles. The number of benzene rings is 1. The van der Waals surface area contributed by atoms with Gasteiger partial charge in [-0.3, -0.25) is 19.3 Å². The molecule has 130 valence electrons. The van der Waals surface area contributed by atoms with Gasteiger partial charge in [0.1, 0.15) is 12.3 Å². The second-order valence-electron chi connectivity index (χ2n) is 5.67. The number of nitrogens with zero attached hydrogens (tertiary/aromatic N) is 2. The maximum Gasteiger partial charge on any atom is 0.307 e. The van der Waals surface area contributed by atoms with Crippen LogP contribution < -0.4 is 9.64 Å². The van der Waals surface area contributed by atoms with Gasteiger partial charge < -0.3 is 14.7 Å². The van der Waals surface area contributed by atoms with Crippen molar-refractivity contribution < 1.29 is 24.2 Å². The Hall–Kier alpha value is -2.57. The minimum absolute atomic E-state index is 0.129. The third-order valence-electron chi connectivity index (χ3n) is 3.99. The molecule has 0 spiro atoms. The van der Waals surface area contributed by atoms with Gasteiger partial charge in [-0.25, -0.2) is 0 Å². The molecule has 2 rings (SSSR count). The molecule has 24 heavy (non-hydrogen) atoms. The van der Waals surface area contributed by atoms with Crippen molar-refractivity contribution in [3.05, 3.63) is 23.8 Å². The summed E-state index contributed by atoms with van der Waals surface area (Å²) >= 11 is 0. The van der Waals surface area contributed by atoms with Crippen LogP contribution in [0.1, 0.15) is 25.8 Å². The van der Waals surface area contributed by atoms with Crippen molar-refractivity contribution in [2.45, 2.75) is 33.3 Å². The summed E-state index contributed by atoms with van der Waals surface area (Å²) in [6, 6.07) is 5.28. The van der Waals surface area contributed by atoms with Gasteiger partial charge in [-0.15, -0.1) is 0 Å². The van der Waals surface area contributed by atoms with Crippen LogP contribution in [-0.4, -0.2) is 53.5 Å². The minimum atomic E-state index is -1.13. The molecule has 0 fully saturated rings. The average Bonchev–Trinajstić information content (AvgIpc) is 2.52. The zero-order valence-electron chi connectivity index (χ0n) is 14.1. The van der Waals surface area contributed by atoms with Crippen LogP contribution in [0.4, 0.5) is 5.69 Å². The summed E-state index contributed by atoms with van der Waals surface area (Å²) in [6.07, 6.45) is -1.57. The normalized spacial score (nSPS) is 16.4. The Labute approximate surface area is 140 Å². The average molecular weight is 334 g/mol. The number of hydrogen-bond donors (Lipinski definition) is 1. The Morgan fingerprint density at radius 2 is 1.96 bits per heavy atom. The molecule has 1 unspecified atom stereocenters. The highest BCUT2D eigenvalue weighted by Crippen LogP contribution is 2.35. The highest BCUT2D eigenvalue weighted by atomic mass is 16.5. The molecule has 1 aromatic carbocycles. The van der Waals surface area contributed by atoms with Crippen molar-refractivity contribution in [3.63, 3.8) is 0 Å². The molecule has 0 aliphatic carbocycles. The Morgan fingerprint density at radius 3 is 2.54 bits per heavy atom. The van der Waals surface area contributed by atoms with Gasteiger partial charge in [0.15, 0.2) is 6.10 Å². The lowest BCUT2D eigenvalue weighted by molar-refractivity contribution is -0.142. The number of likely N-dealkylation sites (N-methyl/N-ethyl adjacent to an activating group) is 1. The number of carboxylic acid groups (broad SMARTS) is 1. The smallest absolute Gasteiger partial charge is 0.307 e. The summed E-state index contributed by atoms with van der Waals surface area (Å²) < 4.78 is 5.54. The Bertz CT molecular complexity index is 654. The fourth-order valence-electron chi connectivity index (χ4n) is 2.70. The Balaban J connectivity index is 2.35. The number of hydrogen-bond acceptors (Lipinski definition) is 4. The second kappa shape index (κ2) is 7.33. The molecule has 7 nitrogen and oxygen atoms in total. The van der Waals surface area contributed by atoms with E-state index < -0.39 is 24.4 Å². The number of aliphatic carboxylic acids is 1. The number of carbonyl (C=O) groups is 3. The fraction of sp³-hybridized carbons (Fsp3) is 0.471. The minimum Gasteiger partial charge on any atom is -0.481 e. The van der Waals surface area contributed by atoms with Crippen molar-refractivity contribution >= 4 is 23.5 Å². The Morgan fingerprint density at radius 1 is 1.29 bits per heavy atom. The van der Waals surface area contributed by atoms with Crippen LogP contribution in [-0.2, 0) is 14.4 Å². The van der Waals surface area contributed by atoms with Gasteiger partial charge in [-0.1, -0.05) is 6.07 Å². The molecule has 0 bridgehead atoms. The van der Waals surface area contributed by atoms with Crippen molar-refractivity contribution in [1.29, 1.82) is 0 Å². The van der Waals surface area contributed by atoms with Crippen LogP contribution in [0.25, 0.3) is 0 Å². The van der Waals surface area contributed by atoms with Crippen LogP contribution in [0.15, 0.2) is 18.2 Å². The first kappa shape index (κ1) is 17.8. The lowest BCUT2D eigenvalue weighted by Crippen LogP contribution is -2.51. The van der Waals surface area contributed by atoms with E-state index in [-0.39, 0.29) is 12.5 Å². The molecule has 1 atom stereocenters. The Kier molecular flexibility index (Phi) is 5.43. The summed E-state index contributed by atoms with van der Waals surface area (Å²) in [4.78, 5) is 39.0. The van der Waals surface area contributed by atoms with Gasteiger partial charge in [0.05, 0.1) is 12.1 Å². The van der Waals surface area contributed by atoms with E-state index in [0.717, 1.165) is 5.56 Å². The van der Waals surface area contributed by atoms with E-state index in [1.54, 1.807) is 17.0 Å². The zero-order valence-corrected chi connectivity index (χ0v) is 14.1. The number of ether oxygens (including phenoxy) is 1. The van der Waals surface area contributed by atoms with E-state index in [2.05, 4.69) is 0 Å². The number of amides is 2. The lowest BCUT2D eigenvalue weighted by atomic mass is 10.1. The molecule has 0 radical (unpaired) electrons. The highest BCUT2D eigenvalue weighted by molar-refractivity contribution is 6.05. The number of anilines is 1. The third kappa shape index (κ3) is 3.67. The van der Waals surface area contributed by atoms with E-state index >= 15 is 0 Å². The molecule has 2 amide bonds. The van der Waals surface area contributed by atoms with E-state index in [9.17, 15) is 14.4 Å². The number of fused-ring (bicyclic) bond motifs is 1. The topological polar surface area (TPSA) is 87.2 Å². The van der Waals surface area contributed by atoms with Crippen LogP contribution in [0.2, 0.25) is 0 Å². The van der Waals surface area contributed by atoms with E-state index in [1.165, 1.54) is 4.90 Å². The van der Waals surface area contributed by atoms with Crippen LogP contribution in [0.5, 0.6) is 5.75 Å². The van der Waals surface area contributed by atoms with Crippen LogP contribution in [0, 0.1) is 6.92 Å². The monoisotopic (exact) mass is 334 g/mol. The van der Waals surface area contributed by atoms with Gasteiger partial charge in [0.25, 0.3) is 5.91 Å². The SMILES string of the molecule is CCN(CC)C(=O)CN1C(=O)C(CC(=O)O)Oc2ccc(C)cc21. The molecule has 0 saturated carbocycles. The highest BCUT2D eigenvalue weighted by Gasteiger charge is 2.37. The number of rotatable bonds is 6. The standard InChI is InChI=1S/C17H22N2O5/c1-4-18(5-2)15(20)10-19-12-8-11(3)6-7-13(12)24-14(17(19)23)9-16(21)22/h6-8,14H,4-5,9-10H2,1-3H3,(H,21,22). The van der Waals surface area contributed by atoms with Gasteiger partial charge >= 0.3 is 5.97 Å². The maximum absolute atomic E-state index is 12.6. The van der Waals surface area contributed by atoms with Gasteiger partial charge in [0.2, 0.25) is 5.91 Å². The first-order valence-corrected chi connectivity index (χ1v) is 7.95. The number of carbonyl (C=O) groups excluding carboxylic acids is 2. The summed E-state index contributed by atoms with van der Waals surface area (Å²) in [5, 5.41) is 8.98. The molecule has 1 aromatic rings. The predicted octanol–water partition coefficient (Wildman–Crippen LogP) is 1.43. The van der Waals surface area contributed by atoms with E-state index in [4.69, 9.17) is 9.84 Å². The first-order valence-electron chi connectivity index (χ1n) is 7.95. The van der Waals surface area contributed by atoms with Crippen molar-refractivity contribution in [2.75, 3.05) is 24.5 Å². The predicted molar refractivity (Wildman–Crippen MR) is 88.1 cm³/mol. The van der Waals surface area contributed by atoms with E-state index in [1.807, 2.05) is 26.8 Å². The maximum atomic E-state index is 12.6. The molecule has 0 aromatic heterocycles. The number of aryl methyl sites for hydroxylation is 1. The van der Waals surface area contributed by atoms with Gasteiger partial charge in [0, 0.05) is 13.1 Å². The summed E-state index contributed by atoms with van der Waals surface area (Å²) in [7, 11) is 0. The number of carboxylic acids is 1. The van der Waals surface area contributed by atoms with Gasteiger partial charge in [-0.2, -0.15) is 0 Å². The zero-order chi connectivity index (χ0) is 17.9. The molecule has 1 N–H and O–H groups in total. The molecule has 1 heterocycles. The summed E-state index contributed by atoms with van der Waals surface area (Å²) in [6.45, 7) is 6.58. The third-order valence-corrected chi connectivity index (χ3v) is 3.99. The van der Waals surface area contributed by atoms with E-state index in [0.29, 0.717) is 24.5 Å². The van der Waals surface area contributed by atoms with Crippen molar-refractivity contribution in [3.8, 4) is 5.75 Å². The van der Waals surface area contributed by atoms with Crippen LogP contribution in [0.3, 0.4) is 0 Å². The summed E-state index contributed by atoms with van der Waals surface area (Å²) in [5.41, 5.74) is 1.42. The largest absolute Gasteiger partial charge is 0.481 e.